The van der Waals surface area contributed by atoms with Crippen molar-refractivity contribution in [1.82, 2.24) is 29.5 Å². The first-order chi connectivity index (χ1) is 30.6. The Bertz CT molecular complexity index is 2210. The zero-order chi connectivity index (χ0) is 44.3. The quantitative estimate of drug-likeness (QED) is 0.0459. The number of methoxy groups -OCH3 is 2. The first-order valence-electron chi connectivity index (χ1n) is 21.8. The number of benzene rings is 3. The Morgan fingerprint density at radius 2 is 1.54 bits per heavy atom. The van der Waals surface area contributed by atoms with E-state index < -0.39 is 32.6 Å². The number of hydrogen-bond acceptors (Lipinski definition) is 12. The lowest BCUT2D eigenvalue weighted by molar-refractivity contribution is -0.0912. The molecule has 2 N–H and O–H groups in total. The molecule has 4 atom stereocenters. The van der Waals surface area contributed by atoms with Crippen LogP contribution in [0.4, 0.5) is 10.6 Å². The molecule has 3 aromatic carbocycles. The summed E-state index contributed by atoms with van der Waals surface area (Å²) < 4.78 is 43.1. The van der Waals surface area contributed by atoms with Crippen LogP contribution in [-0.4, -0.2) is 88.0 Å². The van der Waals surface area contributed by atoms with Gasteiger partial charge in [0.25, 0.3) is 8.53 Å². The summed E-state index contributed by atoms with van der Waals surface area (Å²) >= 11 is 0. The van der Waals surface area contributed by atoms with Crippen LogP contribution >= 0.6 is 8.53 Å². The Kier molecular flexibility index (Phi) is 15.6. The van der Waals surface area contributed by atoms with Crippen molar-refractivity contribution in [3.05, 3.63) is 108 Å². The lowest BCUT2D eigenvalue weighted by atomic mass is 9.80. The number of urea groups is 1. The monoisotopic (exact) mass is 878 g/mol. The highest BCUT2D eigenvalue weighted by molar-refractivity contribution is 7.44. The van der Waals surface area contributed by atoms with Crippen LogP contribution < -0.4 is 20.1 Å². The molecule has 1 aliphatic carbocycles. The average Bonchev–Trinajstić information content (AvgIpc) is 3.92. The average molecular weight is 879 g/mol. The molecule has 2 aliphatic rings. The molecule has 63 heavy (non-hydrogen) atoms. The van der Waals surface area contributed by atoms with E-state index >= 15 is 0 Å². The number of rotatable bonds is 19. The van der Waals surface area contributed by atoms with Gasteiger partial charge in [0.1, 0.15) is 35.8 Å². The first-order valence-corrected chi connectivity index (χ1v) is 22.9. The summed E-state index contributed by atoms with van der Waals surface area (Å²) in [6, 6.07) is 28.1. The molecular weight excluding hydrogens is 820 g/mol. The minimum Gasteiger partial charge on any atom is -0.497 e. The van der Waals surface area contributed by atoms with Crippen LogP contribution in [-0.2, 0) is 24.1 Å². The molecule has 1 saturated heterocycles. The Morgan fingerprint density at radius 3 is 2.14 bits per heavy atom. The Morgan fingerprint density at radius 1 is 0.905 bits per heavy atom. The molecule has 2 aromatic heterocycles. The molecule has 5 aromatic rings. The van der Waals surface area contributed by atoms with Crippen LogP contribution in [0.3, 0.4) is 0 Å². The summed E-state index contributed by atoms with van der Waals surface area (Å²) in [6.45, 7) is 8.74. The molecule has 1 saturated carbocycles. The first kappa shape index (κ1) is 45.8. The smallest absolute Gasteiger partial charge is 0.320 e. The van der Waals surface area contributed by atoms with E-state index in [1.54, 1.807) is 20.5 Å². The van der Waals surface area contributed by atoms with Crippen LogP contribution in [0, 0.1) is 11.3 Å². The second kappa shape index (κ2) is 21.5. The summed E-state index contributed by atoms with van der Waals surface area (Å²) in [4.78, 5) is 26.8. The molecule has 3 heterocycles. The third-order valence-electron chi connectivity index (χ3n) is 11.5. The summed E-state index contributed by atoms with van der Waals surface area (Å²) in [7, 11) is 1.64. The van der Waals surface area contributed by atoms with Gasteiger partial charge in [0.05, 0.1) is 52.4 Å². The number of nitrogens with zero attached hydrogens (tertiary/aromatic N) is 6. The van der Waals surface area contributed by atoms with E-state index in [0.717, 1.165) is 53.9 Å². The highest BCUT2D eigenvalue weighted by Crippen LogP contribution is 2.51. The topological polar surface area (TPSA) is 167 Å². The van der Waals surface area contributed by atoms with E-state index in [1.165, 1.54) is 12.7 Å². The van der Waals surface area contributed by atoms with Gasteiger partial charge >= 0.3 is 6.03 Å². The van der Waals surface area contributed by atoms with E-state index in [0.29, 0.717) is 23.4 Å². The van der Waals surface area contributed by atoms with Crippen molar-refractivity contribution in [3.63, 3.8) is 0 Å². The maximum absolute atomic E-state index is 13.1. The number of nitriles is 1. The predicted molar refractivity (Wildman–Crippen MR) is 241 cm³/mol. The maximum Gasteiger partial charge on any atom is 0.320 e. The minimum absolute atomic E-state index is 0.0809. The highest BCUT2D eigenvalue weighted by Gasteiger charge is 2.45. The molecule has 7 rings (SSSR count). The molecule has 16 heteroatoms. The standard InChI is InChI=1S/C47H59N8O7P/c1-32(2)55(33(3)4)63(60-27-13-26-48)62-40-28-42(54-31-51-43-44(49-30-50-45(43)54)53-46(56)52-37-16-11-8-12-17-37)61-41(40)29-59-47(34-14-9-7-10-15-34,35-18-22-38(57-5)23-19-35)36-20-24-39(58-6)25-21-36/h7,9-10,14-15,18-25,30-33,37,40-42H,8,11-13,16-17,27-29H2,1-6H3,(H2,49,50,52,53,56)/t40-,41+,42+,63?/m0/s1. The van der Waals surface area contributed by atoms with Crippen LogP contribution in [0.15, 0.2) is 91.5 Å². The van der Waals surface area contributed by atoms with Gasteiger partial charge in [-0.05, 0) is 81.5 Å². The highest BCUT2D eigenvalue weighted by atomic mass is 31.2. The Labute approximate surface area is 371 Å². The van der Waals surface area contributed by atoms with Crippen LogP contribution in [0.1, 0.15) is 95.6 Å². The van der Waals surface area contributed by atoms with Crippen molar-refractivity contribution in [1.29, 1.82) is 5.26 Å². The van der Waals surface area contributed by atoms with E-state index in [9.17, 15) is 10.1 Å². The summed E-state index contributed by atoms with van der Waals surface area (Å²) in [6.07, 6.45) is 7.24. The third-order valence-corrected chi connectivity index (χ3v) is 13.7. The van der Waals surface area contributed by atoms with Gasteiger partial charge in [-0.2, -0.15) is 5.26 Å². The molecule has 1 unspecified atom stereocenters. The number of fused-ring (bicyclic) bond motifs is 1. The van der Waals surface area contributed by atoms with E-state index in [4.69, 9.17) is 33.0 Å². The number of hydrogen-bond donors (Lipinski definition) is 2. The number of carbonyl (C=O) groups is 1. The molecule has 0 bridgehead atoms. The Hall–Kier alpha value is -5.20. The number of aromatic nitrogens is 4. The van der Waals surface area contributed by atoms with Crippen LogP contribution in [0.25, 0.3) is 11.2 Å². The van der Waals surface area contributed by atoms with Crippen LogP contribution in [0.5, 0.6) is 11.5 Å². The fourth-order valence-electron chi connectivity index (χ4n) is 8.55. The maximum atomic E-state index is 13.1. The number of amides is 2. The van der Waals surface area contributed by atoms with Gasteiger partial charge in [-0.1, -0.05) is 73.9 Å². The fourth-order valence-corrected chi connectivity index (χ4v) is 10.3. The van der Waals surface area contributed by atoms with Crippen molar-refractivity contribution in [3.8, 4) is 17.6 Å². The zero-order valence-corrected chi connectivity index (χ0v) is 37.9. The fraction of sp³-hybridized carbons (Fsp3) is 0.468. The predicted octanol–water partition coefficient (Wildman–Crippen LogP) is 9.26. The number of carbonyl (C=O) groups excluding carboxylic acids is 1. The second-order valence-electron chi connectivity index (χ2n) is 16.4. The summed E-state index contributed by atoms with van der Waals surface area (Å²) in [5.41, 5.74) is 2.48. The molecular formula is C47H59N8O7P. The van der Waals surface area contributed by atoms with Gasteiger partial charge in [0, 0.05) is 24.5 Å². The zero-order valence-electron chi connectivity index (χ0n) is 37.0. The lowest BCUT2D eigenvalue weighted by Gasteiger charge is -2.39. The minimum atomic E-state index is -1.65. The molecule has 15 nitrogen and oxygen atoms in total. The Balaban J connectivity index is 1.26. The van der Waals surface area contributed by atoms with E-state index in [-0.39, 0.29) is 43.8 Å². The van der Waals surface area contributed by atoms with Crippen molar-refractivity contribution in [2.45, 2.75) is 115 Å². The molecule has 2 amide bonds. The normalized spacial score (nSPS) is 18.8. The van der Waals surface area contributed by atoms with Crippen molar-refractivity contribution in [2.75, 3.05) is 32.8 Å². The van der Waals surface area contributed by atoms with E-state index in [1.807, 2.05) is 71.3 Å². The van der Waals surface area contributed by atoms with Crippen molar-refractivity contribution >= 4 is 31.5 Å². The van der Waals surface area contributed by atoms with Gasteiger partial charge in [-0.25, -0.2) is 24.4 Å². The summed E-state index contributed by atoms with van der Waals surface area (Å²) in [5, 5.41) is 15.5. The van der Waals surface area contributed by atoms with Gasteiger partial charge in [0.2, 0.25) is 0 Å². The third kappa shape index (κ3) is 10.6. The van der Waals surface area contributed by atoms with Gasteiger partial charge in [0.15, 0.2) is 17.0 Å². The van der Waals surface area contributed by atoms with Gasteiger partial charge in [-0.15, -0.1) is 0 Å². The van der Waals surface area contributed by atoms with Gasteiger partial charge < -0.3 is 33.3 Å². The number of imidazole rings is 1. The van der Waals surface area contributed by atoms with Crippen LogP contribution in [0.2, 0.25) is 0 Å². The molecule has 0 spiro atoms. The number of anilines is 1. The number of nitrogens with one attached hydrogen (secondary N) is 2. The molecule has 0 radical (unpaired) electrons. The van der Waals surface area contributed by atoms with E-state index in [2.05, 4.69) is 71.2 Å². The lowest BCUT2D eigenvalue weighted by Crippen LogP contribution is -2.39. The SMILES string of the molecule is COc1ccc(C(OC[C@H]2O[C@@H](n3cnc4c(NC(=O)NC5CCCCC5)ncnc43)C[C@@H]2OP(OCCC#N)N(C(C)C)C(C)C)(c2ccccc2)c2ccc(OC)cc2)cc1. The van der Waals surface area contributed by atoms with Gasteiger partial charge in [-0.3, -0.25) is 9.88 Å². The second-order valence-corrected chi connectivity index (χ2v) is 17.8. The van der Waals surface area contributed by atoms with Crippen molar-refractivity contribution < 1.29 is 32.8 Å². The molecule has 334 valence electrons. The largest absolute Gasteiger partial charge is 0.497 e. The summed E-state index contributed by atoms with van der Waals surface area (Å²) in [5.74, 6) is 1.74. The molecule has 2 fully saturated rings. The van der Waals surface area contributed by atoms with Crippen molar-refractivity contribution in [2.24, 2.45) is 0 Å². The molecule has 1 aliphatic heterocycles. The number of ether oxygens (including phenoxy) is 4.